The molecule has 7 nitrogen and oxygen atoms in total. The lowest BCUT2D eigenvalue weighted by Crippen LogP contribution is -2.36. The predicted molar refractivity (Wildman–Crippen MR) is 77.6 cm³/mol. The zero-order valence-electron chi connectivity index (χ0n) is 11.4. The Bertz CT molecular complexity index is 658. The van der Waals surface area contributed by atoms with Crippen molar-refractivity contribution in [2.75, 3.05) is 20.2 Å². The second kappa shape index (κ2) is 7.01. The van der Waals surface area contributed by atoms with Crippen molar-refractivity contribution in [3.05, 3.63) is 28.2 Å². The Balaban J connectivity index is 3.31. The number of likely N-dealkylation sites (N-methyl/N-ethyl adjacent to an activating group) is 1. The van der Waals surface area contributed by atoms with Crippen LogP contribution in [0.2, 0.25) is 0 Å². The first kappa shape index (κ1) is 17.6. The maximum Gasteiger partial charge on any atom is 0.335 e. The van der Waals surface area contributed by atoms with Crippen LogP contribution >= 0.6 is 15.9 Å². The molecule has 9 heteroatoms. The number of ether oxygens (including phenoxy) is 1. The Morgan fingerprint density at radius 2 is 2.00 bits per heavy atom. The molecule has 1 rings (SSSR count). The van der Waals surface area contributed by atoms with Gasteiger partial charge in [0.15, 0.2) is 0 Å². The van der Waals surface area contributed by atoms with Gasteiger partial charge in [-0.1, -0.05) is 6.92 Å². The molecule has 0 aromatic heterocycles. The summed E-state index contributed by atoms with van der Waals surface area (Å²) in [4.78, 5) is 22.0. The van der Waals surface area contributed by atoms with E-state index in [1.807, 2.05) is 0 Å². The third-order valence-corrected chi connectivity index (χ3v) is 5.60. The zero-order valence-corrected chi connectivity index (χ0v) is 13.8. The van der Waals surface area contributed by atoms with Gasteiger partial charge in [-0.05, 0) is 34.1 Å². The lowest BCUT2D eigenvalue weighted by Gasteiger charge is -2.20. The number of nitrogens with zero attached hydrogens (tertiary/aromatic N) is 1. The molecule has 0 saturated heterocycles. The van der Waals surface area contributed by atoms with E-state index in [1.54, 1.807) is 6.92 Å². The molecule has 0 aliphatic rings. The molecular formula is C12H14BrNO6S. The van der Waals surface area contributed by atoms with Crippen molar-refractivity contribution in [3.8, 4) is 0 Å². The van der Waals surface area contributed by atoms with E-state index in [1.165, 1.54) is 12.1 Å². The van der Waals surface area contributed by atoms with Crippen molar-refractivity contribution < 1.29 is 27.9 Å². The monoisotopic (exact) mass is 379 g/mol. The molecule has 0 atom stereocenters. The van der Waals surface area contributed by atoms with Crippen LogP contribution in [0.3, 0.4) is 0 Å². The molecule has 1 aromatic rings. The highest BCUT2D eigenvalue weighted by Gasteiger charge is 2.28. The summed E-state index contributed by atoms with van der Waals surface area (Å²) < 4.78 is 30.6. The molecule has 0 saturated carbocycles. The SMILES string of the molecule is CCN(CC(=O)OC)S(=O)(=O)c1cc(C(=O)O)ccc1Br. The fourth-order valence-corrected chi connectivity index (χ4v) is 3.89. The van der Waals surface area contributed by atoms with Crippen molar-refractivity contribution in [1.82, 2.24) is 4.31 Å². The van der Waals surface area contributed by atoms with Gasteiger partial charge in [-0.2, -0.15) is 4.31 Å². The Morgan fingerprint density at radius 1 is 1.38 bits per heavy atom. The first-order chi connectivity index (χ1) is 9.73. The van der Waals surface area contributed by atoms with E-state index in [-0.39, 0.29) is 21.5 Å². The largest absolute Gasteiger partial charge is 0.478 e. The summed E-state index contributed by atoms with van der Waals surface area (Å²) in [5, 5.41) is 8.95. The number of sulfonamides is 1. The standard InChI is InChI=1S/C12H14BrNO6S/c1-3-14(7-11(15)20-2)21(18,19)10-6-8(12(16)17)4-5-9(10)13/h4-6H,3,7H2,1-2H3,(H,16,17). The molecule has 0 bridgehead atoms. The normalized spacial score (nSPS) is 11.4. The molecule has 0 aliphatic carbocycles. The number of carbonyl (C=O) groups excluding carboxylic acids is 1. The van der Waals surface area contributed by atoms with Gasteiger partial charge in [0.25, 0.3) is 0 Å². The summed E-state index contributed by atoms with van der Waals surface area (Å²) in [5.41, 5.74) is -0.161. The van der Waals surface area contributed by atoms with E-state index < -0.39 is 28.5 Å². The van der Waals surface area contributed by atoms with Crippen molar-refractivity contribution in [2.24, 2.45) is 0 Å². The zero-order chi connectivity index (χ0) is 16.2. The summed E-state index contributed by atoms with van der Waals surface area (Å²) in [5.74, 6) is -1.94. The van der Waals surface area contributed by atoms with Crippen molar-refractivity contribution in [2.45, 2.75) is 11.8 Å². The third kappa shape index (κ3) is 4.02. The van der Waals surface area contributed by atoms with E-state index in [0.29, 0.717) is 0 Å². The number of hydrogen-bond acceptors (Lipinski definition) is 5. The second-order valence-corrected chi connectivity index (χ2v) is 6.72. The van der Waals surface area contributed by atoms with Crippen LogP contribution in [0.4, 0.5) is 0 Å². The molecule has 21 heavy (non-hydrogen) atoms. The van der Waals surface area contributed by atoms with Crippen LogP contribution < -0.4 is 0 Å². The number of benzene rings is 1. The minimum atomic E-state index is -4.02. The van der Waals surface area contributed by atoms with Gasteiger partial charge >= 0.3 is 11.9 Å². The minimum Gasteiger partial charge on any atom is -0.478 e. The Labute approximate surface area is 130 Å². The number of carbonyl (C=O) groups is 2. The summed E-state index contributed by atoms with van der Waals surface area (Å²) >= 11 is 3.08. The molecule has 0 aliphatic heterocycles. The average molecular weight is 380 g/mol. The quantitative estimate of drug-likeness (QED) is 0.748. The number of aromatic carboxylic acids is 1. The number of rotatable bonds is 6. The van der Waals surface area contributed by atoms with Gasteiger partial charge in [-0.3, -0.25) is 4.79 Å². The highest BCUT2D eigenvalue weighted by atomic mass is 79.9. The Morgan fingerprint density at radius 3 is 2.48 bits per heavy atom. The topological polar surface area (TPSA) is 101 Å². The fraction of sp³-hybridized carbons (Fsp3) is 0.333. The van der Waals surface area contributed by atoms with Crippen molar-refractivity contribution in [3.63, 3.8) is 0 Å². The minimum absolute atomic E-state index is 0.0428. The average Bonchev–Trinajstić information content (AvgIpc) is 2.44. The first-order valence-electron chi connectivity index (χ1n) is 5.83. The number of halogens is 1. The van der Waals surface area contributed by atoms with Crippen LogP contribution in [0.5, 0.6) is 0 Å². The van der Waals surface area contributed by atoms with Gasteiger partial charge in [-0.25, -0.2) is 13.2 Å². The van der Waals surface area contributed by atoms with Crippen LogP contribution in [0.25, 0.3) is 0 Å². The number of carboxylic acids is 1. The summed E-state index contributed by atoms with van der Waals surface area (Å²) in [7, 11) is -2.86. The van der Waals surface area contributed by atoms with Gasteiger partial charge in [-0.15, -0.1) is 0 Å². The molecule has 0 amide bonds. The lowest BCUT2D eigenvalue weighted by atomic mass is 10.2. The van der Waals surface area contributed by atoms with E-state index in [0.717, 1.165) is 17.5 Å². The van der Waals surface area contributed by atoms with Crippen molar-refractivity contribution in [1.29, 1.82) is 0 Å². The highest BCUT2D eigenvalue weighted by molar-refractivity contribution is 9.10. The van der Waals surface area contributed by atoms with Gasteiger partial charge in [0.05, 0.1) is 17.6 Å². The summed E-state index contributed by atoms with van der Waals surface area (Å²) in [6.07, 6.45) is 0. The second-order valence-electron chi connectivity index (χ2n) is 3.96. The maximum atomic E-state index is 12.5. The van der Waals surface area contributed by atoms with Crippen LogP contribution in [0, 0.1) is 0 Å². The summed E-state index contributed by atoms with van der Waals surface area (Å²) in [6.45, 7) is 1.16. The molecule has 0 unspecified atom stereocenters. The molecule has 0 spiro atoms. The van der Waals surface area contributed by atoms with Crippen LogP contribution in [-0.2, 0) is 19.6 Å². The number of carboxylic acid groups (broad SMARTS) is 1. The summed E-state index contributed by atoms with van der Waals surface area (Å²) in [6, 6.07) is 3.66. The molecule has 1 N–H and O–H groups in total. The van der Waals surface area contributed by atoms with Gasteiger partial charge in [0.1, 0.15) is 6.54 Å². The van der Waals surface area contributed by atoms with Crippen LogP contribution in [0.15, 0.2) is 27.6 Å². The third-order valence-electron chi connectivity index (χ3n) is 2.68. The highest BCUT2D eigenvalue weighted by Crippen LogP contribution is 2.26. The number of hydrogen-bond donors (Lipinski definition) is 1. The van der Waals surface area contributed by atoms with E-state index >= 15 is 0 Å². The molecule has 0 radical (unpaired) electrons. The van der Waals surface area contributed by atoms with Crippen LogP contribution in [-0.4, -0.2) is 50.0 Å². The fourth-order valence-electron chi connectivity index (χ4n) is 1.55. The number of esters is 1. The van der Waals surface area contributed by atoms with E-state index in [9.17, 15) is 18.0 Å². The number of methoxy groups -OCH3 is 1. The molecular weight excluding hydrogens is 366 g/mol. The Hall–Kier alpha value is -1.45. The lowest BCUT2D eigenvalue weighted by molar-refractivity contribution is -0.140. The maximum absolute atomic E-state index is 12.5. The molecule has 0 heterocycles. The van der Waals surface area contributed by atoms with Crippen molar-refractivity contribution >= 4 is 37.9 Å². The molecule has 1 aromatic carbocycles. The smallest absolute Gasteiger partial charge is 0.335 e. The first-order valence-corrected chi connectivity index (χ1v) is 8.07. The van der Waals surface area contributed by atoms with E-state index in [4.69, 9.17) is 5.11 Å². The van der Waals surface area contributed by atoms with E-state index in [2.05, 4.69) is 20.7 Å². The van der Waals surface area contributed by atoms with Gasteiger partial charge < -0.3 is 9.84 Å². The van der Waals surface area contributed by atoms with Gasteiger partial charge in [0, 0.05) is 11.0 Å². The van der Waals surface area contributed by atoms with Crippen LogP contribution in [0.1, 0.15) is 17.3 Å². The van der Waals surface area contributed by atoms with Gasteiger partial charge in [0.2, 0.25) is 10.0 Å². The predicted octanol–water partition coefficient (Wildman–Crippen LogP) is 1.33. The molecule has 0 fully saturated rings. The Kier molecular flexibility index (Phi) is 5.87. The molecule has 116 valence electrons.